The third kappa shape index (κ3) is 3.55. The largest absolute Gasteiger partial charge is 0.454 e. The Bertz CT molecular complexity index is 980. The Morgan fingerprint density at radius 3 is 2.52 bits per heavy atom. The van der Waals surface area contributed by atoms with Crippen molar-refractivity contribution in [3.8, 4) is 11.5 Å². The van der Waals surface area contributed by atoms with Crippen LogP contribution in [0.2, 0.25) is 0 Å². The SMILES string of the molecule is Cc1cccc(C)c1Nc1ccc(C(=O)Nc2ccc3c(c2)OCO3)cn1. The van der Waals surface area contributed by atoms with Crippen molar-refractivity contribution < 1.29 is 14.3 Å². The number of carbonyl (C=O) groups is 1. The van der Waals surface area contributed by atoms with Crippen molar-refractivity contribution in [2.45, 2.75) is 13.8 Å². The molecule has 1 aliphatic heterocycles. The molecule has 2 N–H and O–H groups in total. The highest BCUT2D eigenvalue weighted by molar-refractivity contribution is 6.04. The number of hydrogen-bond acceptors (Lipinski definition) is 5. The Balaban J connectivity index is 1.46. The molecule has 1 aromatic heterocycles. The lowest BCUT2D eigenvalue weighted by Gasteiger charge is -2.12. The van der Waals surface area contributed by atoms with Gasteiger partial charge in [0.2, 0.25) is 6.79 Å². The fraction of sp³-hybridized carbons (Fsp3) is 0.143. The van der Waals surface area contributed by atoms with E-state index in [2.05, 4.69) is 15.6 Å². The summed E-state index contributed by atoms with van der Waals surface area (Å²) in [7, 11) is 0. The highest BCUT2D eigenvalue weighted by Crippen LogP contribution is 2.34. The molecule has 0 fully saturated rings. The molecule has 6 heteroatoms. The van der Waals surface area contributed by atoms with E-state index >= 15 is 0 Å². The second-order valence-electron chi connectivity index (χ2n) is 6.35. The lowest BCUT2D eigenvalue weighted by atomic mass is 10.1. The van der Waals surface area contributed by atoms with E-state index < -0.39 is 0 Å². The van der Waals surface area contributed by atoms with Crippen molar-refractivity contribution in [3.05, 3.63) is 71.4 Å². The summed E-state index contributed by atoms with van der Waals surface area (Å²) in [6.45, 7) is 4.29. The molecule has 0 aliphatic carbocycles. The Kier molecular flexibility index (Phi) is 4.38. The van der Waals surface area contributed by atoms with Crippen LogP contribution < -0.4 is 20.1 Å². The van der Waals surface area contributed by atoms with Gasteiger partial charge in [0, 0.05) is 23.6 Å². The van der Waals surface area contributed by atoms with E-state index in [9.17, 15) is 4.79 Å². The molecule has 0 saturated heterocycles. The fourth-order valence-corrected chi connectivity index (χ4v) is 2.92. The summed E-state index contributed by atoms with van der Waals surface area (Å²) in [6.07, 6.45) is 1.55. The molecule has 2 heterocycles. The van der Waals surface area contributed by atoms with E-state index in [-0.39, 0.29) is 12.7 Å². The van der Waals surface area contributed by atoms with Crippen LogP contribution in [0.4, 0.5) is 17.2 Å². The molecule has 136 valence electrons. The number of anilines is 3. The number of nitrogens with zero attached hydrogens (tertiary/aromatic N) is 1. The Morgan fingerprint density at radius 2 is 1.78 bits per heavy atom. The molecule has 0 radical (unpaired) electrons. The van der Waals surface area contributed by atoms with Gasteiger partial charge >= 0.3 is 0 Å². The normalized spacial score (nSPS) is 11.9. The summed E-state index contributed by atoms with van der Waals surface area (Å²) in [5, 5.41) is 6.15. The van der Waals surface area contributed by atoms with Gasteiger partial charge < -0.3 is 20.1 Å². The second-order valence-corrected chi connectivity index (χ2v) is 6.35. The third-order valence-corrected chi connectivity index (χ3v) is 4.39. The number of aromatic nitrogens is 1. The van der Waals surface area contributed by atoms with Crippen molar-refractivity contribution in [1.82, 2.24) is 4.98 Å². The standard InChI is InChI=1S/C21H19N3O3/c1-13-4-3-5-14(2)20(13)24-19-9-6-15(11-22-19)21(25)23-16-7-8-17-18(10-16)27-12-26-17/h3-11H,12H2,1-2H3,(H,22,24)(H,23,25). The molecule has 0 saturated carbocycles. The molecule has 1 aliphatic rings. The van der Waals surface area contributed by atoms with Gasteiger partial charge in [-0.05, 0) is 49.2 Å². The van der Waals surface area contributed by atoms with Crippen LogP contribution in [0.25, 0.3) is 0 Å². The molecule has 27 heavy (non-hydrogen) atoms. The maximum atomic E-state index is 12.4. The third-order valence-electron chi connectivity index (χ3n) is 4.39. The Morgan fingerprint density at radius 1 is 1.00 bits per heavy atom. The zero-order valence-corrected chi connectivity index (χ0v) is 15.1. The van der Waals surface area contributed by atoms with Gasteiger partial charge in [-0.3, -0.25) is 4.79 Å². The maximum Gasteiger partial charge on any atom is 0.257 e. The van der Waals surface area contributed by atoms with Gasteiger partial charge in [0.25, 0.3) is 5.91 Å². The average Bonchev–Trinajstić information content (AvgIpc) is 3.13. The second kappa shape index (κ2) is 6.99. The topological polar surface area (TPSA) is 72.5 Å². The molecule has 1 amide bonds. The van der Waals surface area contributed by atoms with Gasteiger partial charge in [-0.25, -0.2) is 4.98 Å². The van der Waals surface area contributed by atoms with E-state index in [1.165, 1.54) is 0 Å². The predicted octanol–water partition coefficient (Wildman–Crippen LogP) is 4.42. The van der Waals surface area contributed by atoms with Crippen LogP contribution >= 0.6 is 0 Å². The molecule has 0 spiro atoms. The highest BCUT2D eigenvalue weighted by atomic mass is 16.7. The van der Waals surface area contributed by atoms with E-state index in [1.807, 2.05) is 32.0 Å². The fourth-order valence-electron chi connectivity index (χ4n) is 2.92. The number of amides is 1. The minimum absolute atomic E-state index is 0.200. The first-order valence-electron chi connectivity index (χ1n) is 8.60. The van der Waals surface area contributed by atoms with Gasteiger partial charge in [-0.15, -0.1) is 0 Å². The molecule has 2 aromatic carbocycles. The van der Waals surface area contributed by atoms with E-state index in [1.54, 1.807) is 36.5 Å². The molecular weight excluding hydrogens is 342 g/mol. The summed E-state index contributed by atoms with van der Waals surface area (Å²) in [5.74, 6) is 1.75. The number of nitrogens with one attached hydrogen (secondary N) is 2. The number of para-hydroxylation sites is 1. The first-order valence-corrected chi connectivity index (χ1v) is 8.60. The summed E-state index contributed by atoms with van der Waals surface area (Å²) < 4.78 is 10.6. The van der Waals surface area contributed by atoms with Crippen LogP contribution in [0.3, 0.4) is 0 Å². The quantitative estimate of drug-likeness (QED) is 0.719. The van der Waals surface area contributed by atoms with E-state index in [4.69, 9.17) is 9.47 Å². The number of aryl methyl sites for hydroxylation is 2. The van der Waals surface area contributed by atoms with Crippen molar-refractivity contribution >= 4 is 23.1 Å². The molecule has 3 aromatic rings. The van der Waals surface area contributed by atoms with Crippen molar-refractivity contribution in [2.75, 3.05) is 17.4 Å². The van der Waals surface area contributed by atoms with Gasteiger partial charge in [-0.2, -0.15) is 0 Å². The average molecular weight is 361 g/mol. The molecule has 0 unspecified atom stereocenters. The van der Waals surface area contributed by atoms with Crippen LogP contribution in [0.15, 0.2) is 54.7 Å². The molecule has 0 bridgehead atoms. The number of rotatable bonds is 4. The zero-order valence-electron chi connectivity index (χ0n) is 15.1. The number of fused-ring (bicyclic) bond motifs is 1. The van der Waals surface area contributed by atoms with Crippen LogP contribution in [0.1, 0.15) is 21.5 Å². The van der Waals surface area contributed by atoms with E-state index in [0.717, 1.165) is 16.8 Å². The van der Waals surface area contributed by atoms with Gasteiger partial charge in [0.05, 0.1) is 5.56 Å². The summed E-state index contributed by atoms with van der Waals surface area (Å²) in [5.41, 5.74) is 4.42. The van der Waals surface area contributed by atoms with Crippen molar-refractivity contribution in [3.63, 3.8) is 0 Å². The summed E-state index contributed by atoms with van der Waals surface area (Å²) in [6, 6.07) is 14.9. The van der Waals surface area contributed by atoms with Crippen LogP contribution in [-0.2, 0) is 0 Å². The van der Waals surface area contributed by atoms with Gasteiger partial charge in [0.15, 0.2) is 11.5 Å². The van der Waals surface area contributed by atoms with E-state index in [0.29, 0.717) is 28.6 Å². The van der Waals surface area contributed by atoms with Gasteiger partial charge in [0.1, 0.15) is 5.82 Å². The molecular formula is C21H19N3O3. The lowest BCUT2D eigenvalue weighted by molar-refractivity contribution is 0.102. The molecule has 4 rings (SSSR count). The Labute approximate surface area is 157 Å². The number of pyridine rings is 1. The number of benzene rings is 2. The van der Waals surface area contributed by atoms with Crippen LogP contribution in [0.5, 0.6) is 11.5 Å². The molecule has 0 atom stereocenters. The Hall–Kier alpha value is -3.54. The number of ether oxygens (including phenoxy) is 2. The maximum absolute atomic E-state index is 12.4. The smallest absolute Gasteiger partial charge is 0.257 e. The van der Waals surface area contributed by atoms with Crippen molar-refractivity contribution in [2.24, 2.45) is 0 Å². The van der Waals surface area contributed by atoms with Crippen molar-refractivity contribution in [1.29, 1.82) is 0 Å². The monoisotopic (exact) mass is 361 g/mol. The number of carbonyl (C=O) groups excluding carboxylic acids is 1. The minimum Gasteiger partial charge on any atom is -0.454 e. The summed E-state index contributed by atoms with van der Waals surface area (Å²) >= 11 is 0. The van der Waals surface area contributed by atoms with Gasteiger partial charge in [-0.1, -0.05) is 18.2 Å². The predicted molar refractivity (Wildman–Crippen MR) is 104 cm³/mol. The first kappa shape index (κ1) is 16.9. The lowest BCUT2D eigenvalue weighted by Crippen LogP contribution is -2.12. The zero-order chi connectivity index (χ0) is 18.8. The molecule has 6 nitrogen and oxygen atoms in total. The summed E-state index contributed by atoms with van der Waals surface area (Å²) in [4.78, 5) is 16.8. The highest BCUT2D eigenvalue weighted by Gasteiger charge is 2.15. The van der Waals surface area contributed by atoms with Crippen LogP contribution in [0, 0.1) is 13.8 Å². The first-order chi connectivity index (χ1) is 13.1. The minimum atomic E-state index is -0.236. The number of hydrogen-bond donors (Lipinski definition) is 2. The van der Waals surface area contributed by atoms with Crippen LogP contribution in [-0.4, -0.2) is 17.7 Å².